The molecule has 1 aromatic carbocycles. The number of benzene rings is 1. The fourth-order valence-electron chi connectivity index (χ4n) is 2.49. The third kappa shape index (κ3) is 7.89. The monoisotopic (exact) mass is 456 g/mol. The maximum atomic E-state index is 13.8. The zero-order chi connectivity index (χ0) is 19.7. The van der Waals surface area contributed by atoms with Crippen LogP contribution in [-0.2, 0) is 28.6 Å². The fraction of sp³-hybridized carbons (Fsp3) is 0.500. The number of hydrogen-bond donors (Lipinski definition) is 0. The summed E-state index contributed by atoms with van der Waals surface area (Å²) in [6.45, 7) is 5.06. The third-order valence-corrected chi connectivity index (χ3v) is 4.26. The van der Waals surface area contributed by atoms with Crippen molar-refractivity contribution in [3.63, 3.8) is 0 Å². The summed E-state index contributed by atoms with van der Waals surface area (Å²) in [6.07, 6.45) is -0.307. The van der Waals surface area contributed by atoms with Crippen molar-refractivity contribution in [1.82, 2.24) is 0 Å². The van der Waals surface area contributed by atoms with Crippen LogP contribution in [0.2, 0.25) is 0 Å². The van der Waals surface area contributed by atoms with Gasteiger partial charge in [-0.15, -0.1) is 0 Å². The molecule has 0 amide bonds. The minimum Gasteiger partial charge on any atom is -1.00 e. The second-order valence-electron chi connectivity index (χ2n) is 5.26. The Morgan fingerprint density at radius 3 is 2.04 bits per heavy atom. The molecule has 1 atom stereocenters. The Balaban J connectivity index is 0. The van der Waals surface area contributed by atoms with E-state index in [0.29, 0.717) is 4.47 Å². The van der Waals surface area contributed by atoms with Crippen LogP contribution in [0, 0.1) is 11.7 Å². The van der Waals surface area contributed by atoms with Gasteiger partial charge in [0.2, 0.25) is 0 Å². The second kappa shape index (κ2) is 13.3. The maximum Gasteiger partial charge on any atom is 1.00 e. The van der Waals surface area contributed by atoms with E-state index in [0.717, 1.165) is 0 Å². The Hall–Kier alpha value is -0.960. The molecule has 0 bridgehead atoms. The fourth-order valence-corrected chi connectivity index (χ4v) is 3.04. The van der Waals surface area contributed by atoms with Gasteiger partial charge < -0.3 is 15.6 Å². The summed E-state index contributed by atoms with van der Waals surface area (Å²) in [5.74, 6) is -5.28. The Morgan fingerprint density at radius 2 is 1.56 bits per heavy atom. The summed E-state index contributed by atoms with van der Waals surface area (Å²) in [4.78, 5) is 36.9. The van der Waals surface area contributed by atoms with E-state index in [1.165, 1.54) is 18.2 Å². The molecule has 1 aromatic rings. The van der Waals surface area contributed by atoms with Crippen LogP contribution in [0.25, 0.3) is 0 Å². The Labute approximate surface area is 190 Å². The topological polar surface area (TPSA) is 78.9 Å². The first kappa shape index (κ1) is 26.0. The van der Waals surface area contributed by atoms with Gasteiger partial charge in [0.25, 0.3) is 0 Å². The molecule has 0 aliphatic heterocycles. The molecule has 0 saturated carbocycles. The van der Waals surface area contributed by atoms with Crippen molar-refractivity contribution in [2.75, 3.05) is 19.8 Å². The first-order valence-electron chi connectivity index (χ1n) is 8.29. The molecular formula is C18H23BrFNaO6. The van der Waals surface area contributed by atoms with Gasteiger partial charge in [-0.2, -0.15) is 0 Å². The molecule has 0 heterocycles. The van der Waals surface area contributed by atoms with Crippen molar-refractivity contribution < 1.29 is 64.0 Å². The molecule has 0 saturated heterocycles. The first-order valence-corrected chi connectivity index (χ1v) is 9.08. The number of halogens is 2. The zero-order valence-electron chi connectivity index (χ0n) is 16.9. The average Bonchev–Trinajstić information content (AvgIpc) is 2.57. The van der Waals surface area contributed by atoms with Crippen molar-refractivity contribution in [2.45, 2.75) is 33.1 Å². The van der Waals surface area contributed by atoms with E-state index in [4.69, 9.17) is 14.2 Å². The van der Waals surface area contributed by atoms with E-state index in [1.807, 2.05) is 0 Å². The molecule has 0 aliphatic rings. The summed E-state index contributed by atoms with van der Waals surface area (Å²) in [7, 11) is 0. The van der Waals surface area contributed by atoms with E-state index >= 15 is 0 Å². The van der Waals surface area contributed by atoms with Crippen LogP contribution in [0.4, 0.5) is 4.39 Å². The van der Waals surface area contributed by atoms with E-state index < -0.39 is 35.6 Å². The van der Waals surface area contributed by atoms with Gasteiger partial charge in [0.05, 0.1) is 26.2 Å². The minimum absolute atomic E-state index is 0. The van der Waals surface area contributed by atoms with Gasteiger partial charge in [0.15, 0.2) is 5.92 Å². The van der Waals surface area contributed by atoms with Crippen LogP contribution in [0.3, 0.4) is 0 Å². The van der Waals surface area contributed by atoms with Crippen molar-refractivity contribution in [2.24, 2.45) is 5.92 Å². The quantitative estimate of drug-likeness (QED) is 0.233. The van der Waals surface area contributed by atoms with Gasteiger partial charge >= 0.3 is 47.5 Å². The predicted molar refractivity (Wildman–Crippen MR) is 96.0 cm³/mol. The molecule has 0 aliphatic carbocycles. The van der Waals surface area contributed by atoms with Crippen molar-refractivity contribution in [3.05, 3.63) is 34.1 Å². The molecule has 0 N–H and O–H groups in total. The minimum atomic E-state index is -1.42. The smallest absolute Gasteiger partial charge is 1.00 e. The number of rotatable bonds is 9. The van der Waals surface area contributed by atoms with Crippen LogP contribution in [0.1, 0.15) is 40.1 Å². The number of ether oxygens (including phenoxy) is 3. The summed E-state index contributed by atoms with van der Waals surface area (Å²) in [6, 6.07) is 3.83. The number of esters is 3. The van der Waals surface area contributed by atoms with Gasteiger partial charge in [-0.3, -0.25) is 14.4 Å². The molecule has 9 heteroatoms. The van der Waals surface area contributed by atoms with E-state index in [1.54, 1.807) is 20.8 Å². The number of carbonyl (C=O) groups is 3. The van der Waals surface area contributed by atoms with Gasteiger partial charge in [0.1, 0.15) is 5.82 Å². The second-order valence-corrected chi connectivity index (χ2v) is 6.12. The summed E-state index contributed by atoms with van der Waals surface area (Å²) < 4.78 is 29.1. The van der Waals surface area contributed by atoms with Crippen LogP contribution < -0.4 is 29.6 Å². The first-order chi connectivity index (χ1) is 12.3. The Bertz CT molecular complexity index is 643. The molecule has 0 aromatic heterocycles. The molecule has 1 rings (SSSR count). The average molecular weight is 457 g/mol. The summed E-state index contributed by atoms with van der Waals surface area (Å²) in [5.41, 5.74) is 0.282. The predicted octanol–water partition coefficient (Wildman–Crippen LogP) is 0.484. The molecule has 27 heavy (non-hydrogen) atoms. The third-order valence-electron chi connectivity index (χ3n) is 3.53. The van der Waals surface area contributed by atoms with E-state index in [-0.39, 0.29) is 62.8 Å². The van der Waals surface area contributed by atoms with Crippen LogP contribution in [0.5, 0.6) is 0 Å². The molecule has 1 unspecified atom stereocenters. The normalized spacial score (nSPS) is 11.3. The van der Waals surface area contributed by atoms with Gasteiger partial charge in [-0.25, -0.2) is 4.39 Å². The van der Waals surface area contributed by atoms with Crippen molar-refractivity contribution in [1.29, 1.82) is 0 Å². The van der Waals surface area contributed by atoms with Crippen molar-refractivity contribution in [3.8, 4) is 0 Å². The van der Waals surface area contributed by atoms with Crippen LogP contribution in [-0.4, -0.2) is 37.7 Å². The van der Waals surface area contributed by atoms with Crippen LogP contribution in [0.15, 0.2) is 22.7 Å². The number of hydrogen-bond acceptors (Lipinski definition) is 6. The summed E-state index contributed by atoms with van der Waals surface area (Å²) >= 11 is 3.28. The zero-order valence-corrected chi connectivity index (χ0v) is 19.5. The van der Waals surface area contributed by atoms with Crippen molar-refractivity contribution >= 4 is 33.8 Å². The molecule has 6 nitrogen and oxygen atoms in total. The Kier molecular flexibility index (Phi) is 12.8. The van der Waals surface area contributed by atoms with E-state index in [2.05, 4.69) is 15.9 Å². The largest absolute Gasteiger partial charge is 1.00 e. The number of carbonyl (C=O) groups excluding carboxylic acids is 3. The molecule has 0 fully saturated rings. The van der Waals surface area contributed by atoms with Gasteiger partial charge in [-0.05, 0) is 44.5 Å². The SMILES string of the molecule is CCOC(=O)CC(c1cc(F)ccc1Br)C(C(=O)OCC)C(=O)OCC.[H-].[Na+]. The van der Waals surface area contributed by atoms with Gasteiger partial charge in [0, 0.05) is 10.4 Å². The molecular weight excluding hydrogens is 434 g/mol. The Morgan fingerprint density at radius 1 is 1.04 bits per heavy atom. The summed E-state index contributed by atoms with van der Waals surface area (Å²) in [5, 5.41) is 0. The maximum absolute atomic E-state index is 13.8. The standard InChI is InChI=1S/C18H22BrFO6.Na.H/c1-4-24-15(21)10-13(12-9-11(20)7-8-14(12)19)16(17(22)25-5-2)18(23)26-6-3;;/h7-9,13,16H,4-6,10H2,1-3H3;;/q;+1;-1. The van der Waals surface area contributed by atoms with E-state index in [9.17, 15) is 18.8 Å². The van der Waals surface area contributed by atoms with Crippen LogP contribution >= 0.6 is 15.9 Å². The molecule has 146 valence electrons. The van der Waals surface area contributed by atoms with Gasteiger partial charge in [-0.1, -0.05) is 15.9 Å². The molecule has 0 spiro atoms. The molecule has 0 radical (unpaired) electrons.